The van der Waals surface area contributed by atoms with Crippen molar-refractivity contribution < 1.29 is 9.90 Å². The number of aromatic amines is 1. The second-order valence-electron chi connectivity index (χ2n) is 3.74. The van der Waals surface area contributed by atoms with Crippen LogP contribution in [0, 0.1) is 0 Å². The zero-order valence-electron chi connectivity index (χ0n) is 9.47. The Morgan fingerprint density at radius 3 is 2.78 bits per heavy atom. The molecule has 1 aromatic carbocycles. The van der Waals surface area contributed by atoms with Gasteiger partial charge in [-0.2, -0.15) is 0 Å². The topological polar surface area (TPSA) is 82.2 Å². The van der Waals surface area contributed by atoms with Gasteiger partial charge < -0.3 is 15.4 Å². The van der Waals surface area contributed by atoms with Crippen molar-refractivity contribution in [2.75, 3.05) is 0 Å². The second kappa shape index (κ2) is 5.61. The number of nitrogens with one attached hydrogen (secondary N) is 2. The van der Waals surface area contributed by atoms with Crippen molar-refractivity contribution >= 4 is 17.3 Å². The summed E-state index contributed by atoms with van der Waals surface area (Å²) in [5, 5.41) is 13.9. The molecular weight excluding hydrogens is 252 g/mol. The van der Waals surface area contributed by atoms with Gasteiger partial charge in [0.15, 0.2) is 0 Å². The summed E-state index contributed by atoms with van der Waals surface area (Å²) < 4.78 is 0. The van der Waals surface area contributed by atoms with Crippen LogP contribution in [-0.4, -0.2) is 16.1 Å². The molecule has 3 N–H and O–H groups in total. The molecule has 5 nitrogen and oxygen atoms in total. The van der Waals surface area contributed by atoms with E-state index in [4.69, 9.17) is 5.11 Å². The third kappa shape index (κ3) is 3.06. The largest absolute Gasteiger partial charge is 0.478 e. The smallest absolute Gasteiger partial charge is 0.336 e. The van der Waals surface area contributed by atoms with Crippen LogP contribution < -0.4 is 10.2 Å². The van der Waals surface area contributed by atoms with E-state index in [2.05, 4.69) is 10.3 Å². The molecule has 0 saturated heterocycles. The number of hydrogen-bond acceptors (Lipinski definition) is 4. The number of carboxylic acid groups (broad SMARTS) is 1. The first-order valence-electron chi connectivity index (χ1n) is 5.35. The molecule has 0 unspecified atom stereocenters. The van der Waals surface area contributed by atoms with E-state index in [1.807, 2.05) is 0 Å². The normalized spacial score (nSPS) is 10.4. The summed E-state index contributed by atoms with van der Waals surface area (Å²) in [6.45, 7) is 0.951. The Hall–Kier alpha value is -1.92. The maximum atomic E-state index is 11.0. The molecule has 0 spiro atoms. The number of hydrogen-bond donors (Lipinski definition) is 3. The van der Waals surface area contributed by atoms with Gasteiger partial charge in [0.05, 0.1) is 5.56 Å². The molecule has 2 rings (SSSR count). The standard InChI is InChI=1S/C12H12N2O3S/c15-11(16)10-4-2-1-3-8(10)5-13-6-9-7-18-12(17)14-9/h1-4,7,13H,5-6H2,(H,14,17)(H,15,16). The quantitative estimate of drug-likeness (QED) is 0.763. The molecule has 0 fully saturated rings. The molecule has 0 aliphatic rings. The van der Waals surface area contributed by atoms with Crippen LogP contribution in [0.15, 0.2) is 34.4 Å². The van der Waals surface area contributed by atoms with Gasteiger partial charge in [-0.1, -0.05) is 29.5 Å². The van der Waals surface area contributed by atoms with Gasteiger partial charge in [0.25, 0.3) is 0 Å². The minimum atomic E-state index is -0.934. The Morgan fingerprint density at radius 2 is 2.11 bits per heavy atom. The van der Waals surface area contributed by atoms with Gasteiger partial charge in [0, 0.05) is 24.2 Å². The predicted octanol–water partition coefficient (Wildman–Crippen LogP) is 1.42. The third-order valence-electron chi connectivity index (χ3n) is 2.45. The van der Waals surface area contributed by atoms with Crippen LogP contribution >= 0.6 is 11.3 Å². The lowest BCUT2D eigenvalue weighted by atomic mass is 10.1. The summed E-state index contributed by atoms with van der Waals surface area (Å²) in [6.07, 6.45) is 0. The highest BCUT2D eigenvalue weighted by atomic mass is 32.1. The Balaban J connectivity index is 1.98. The lowest BCUT2D eigenvalue weighted by Crippen LogP contribution is -2.16. The number of benzene rings is 1. The molecule has 1 aromatic heterocycles. The van der Waals surface area contributed by atoms with E-state index in [1.165, 1.54) is 0 Å². The van der Waals surface area contributed by atoms with Crippen molar-refractivity contribution in [3.8, 4) is 0 Å². The summed E-state index contributed by atoms with van der Waals surface area (Å²) in [7, 11) is 0. The average Bonchev–Trinajstić information content (AvgIpc) is 2.75. The zero-order valence-corrected chi connectivity index (χ0v) is 10.3. The van der Waals surface area contributed by atoms with Crippen molar-refractivity contribution in [2.24, 2.45) is 0 Å². The molecule has 0 saturated carbocycles. The number of thiazole rings is 1. The molecule has 0 atom stereocenters. The SMILES string of the molecule is O=C(O)c1ccccc1CNCc1csc(=O)[nH]1. The number of rotatable bonds is 5. The number of H-pyrrole nitrogens is 1. The summed E-state index contributed by atoms with van der Waals surface area (Å²) >= 11 is 1.11. The van der Waals surface area contributed by atoms with Gasteiger partial charge in [-0.15, -0.1) is 0 Å². The van der Waals surface area contributed by atoms with Gasteiger partial charge in [-0.25, -0.2) is 4.79 Å². The molecule has 2 aromatic rings. The van der Waals surface area contributed by atoms with Crippen LogP contribution in [-0.2, 0) is 13.1 Å². The molecule has 94 valence electrons. The van der Waals surface area contributed by atoms with Crippen LogP contribution in [0.4, 0.5) is 0 Å². The highest BCUT2D eigenvalue weighted by Crippen LogP contribution is 2.08. The lowest BCUT2D eigenvalue weighted by molar-refractivity contribution is 0.0695. The van der Waals surface area contributed by atoms with Crippen LogP contribution in [0.25, 0.3) is 0 Å². The Bertz CT molecular complexity index is 603. The summed E-state index contributed by atoms with van der Waals surface area (Å²) in [6, 6.07) is 6.85. The van der Waals surface area contributed by atoms with Crippen LogP contribution in [0.1, 0.15) is 21.6 Å². The second-order valence-corrected chi connectivity index (χ2v) is 4.58. The fourth-order valence-corrected chi connectivity index (χ4v) is 2.20. The molecule has 1 heterocycles. The molecule has 6 heteroatoms. The van der Waals surface area contributed by atoms with E-state index in [0.29, 0.717) is 18.7 Å². The third-order valence-corrected chi connectivity index (χ3v) is 3.17. The highest BCUT2D eigenvalue weighted by molar-refractivity contribution is 7.07. The van der Waals surface area contributed by atoms with Gasteiger partial charge >= 0.3 is 10.8 Å². The maximum absolute atomic E-state index is 11.0. The molecule has 0 aliphatic heterocycles. The van der Waals surface area contributed by atoms with Crippen molar-refractivity contribution in [3.63, 3.8) is 0 Å². The molecule has 0 bridgehead atoms. The van der Waals surface area contributed by atoms with E-state index in [-0.39, 0.29) is 4.87 Å². The Labute approximate surface area is 107 Å². The van der Waals surface area contributed by atoms with Crippen LogP contribution in [0.2, 0.25) is 0 Å². The molecular formula is C12H12N2O3S. The van der Waals surface area contributed by atoms with Crippen molar-refractivity contribution in [1.82, 2.24) is 10.3 Å². The van der Waals surface area contributed by atoms with E-state index < -0.39 is 5.97 Å². The Morgan fingerprint density at radius 1 is 1.33 bits per heavy atom. The molecule has 0 radical (unpaired) electrons. The number of aromatic carboxylic acids is 1. The first-order chi connectivity index (χ1) is 8.66. The first kappa shape index (κ1) is 12.5. The highest BCUT2D eigenvalue weighted by Gasteiger charge is 2.08. The minimum Gasteiger partial charge on any atom is -0.478 e. The van der Waals surface area contributed by atoms with E-state index in [0.717, 1.165) is 22.6 Å². The predicted molar refractivity (Wildman–Crippen MR) is 68.9 cm³/mol. The lowest BCUT2D eigenvalue weighted by Gasteiger charge is -2.06. The van der Waals surface area contributed by atoms with E-state index in [1.54, 1.807) is 29.6 Å². The van der Waals surface area contributed by atoms with E-state index >= 15 is 0 Å². The number of aromatic nitrogens is 1. The molecule has 0 amide bonds. The fraction of sp³-hybridized carbons (Fsp3) is 0.167. The molecule has 18 heavy (non-hydrogen) atoms. The maximum Gasteiger partial charge on any atom is 0.336 e. The van der Waals surface area contributed by atoms with Crippen LogP contribution in [0.5, 0.6) is 0 Å². The number of carbonyl (C=O) groups is 1. The first-order valence-corrected chi connectivity index (χ1v) is 6.23. The average molecular weight is 264 g/mol. The van der Waals surface area contributed by atoms with Crippen molar-refractivity contribution in [1.29, 1.82) is 0 Å². The fourth-order valence-electron chi connectivity index (χ4n) is 1.62. The van der Waals surface area contributed by atoms with Gasteiger partial charge in [0.1, 0.15) is 0 Å². The van der Waals surface area contributed by atoms with Gasteiger partial charge in [-0.3, -0.25) is 4.79 Å². The van der Waals surface area contributed by atoms with E-state index in [9.17, 15) is 9.59 Å². The zero-order chi connectivity index (χ0) is 13.0. The summed E-state index contributed by atoms with van der Waals surface area (Å²) in [5.74, 6) is -0.934. The molecule has 0 aliphatic carbocycles. The van der Waals surface area contributed by atoms with Crippen molar-refractivity contribution in [2.45, 2.75) is 13.1 Å². The number of carboxylic acids is 1. The Kier molecular flexibility index (Phi) is 3.91. The van der Waals surface area contributed by atoms with Gasteiger partial charge in [-0.05, 0) is 11.6 Å². The van der Waals surface area contributed by atoms with Crippen molar-refractivity contribution in [3.05, 3.63) is 56.1 Å². The monoisotopic (exact) mass is 264 g/mol. The summed E-state index contributed by atoms with van der Waals surface area (Å²) in [4.78, 5) is 24.5. The summed E-state index contributed by atoms with van der Waals surface area (Å²) in [5.41, 5.74) is 1.82. The van der Waals surface area contributed by atoms with Crippen LogP contribution in [0.3, 0.4) is 0 Å². The minimum absolute atomic E-state index is 0.0854. The van der Waals surface area contributed by atoms with Gasteiger partial charge in [0.2, 0.25) is 0 Å².